The Bertz CT molecular complexity index is 696. The van der Waals surface area contributed by atoms with E-state index in [1.165, 1.54) is 0 Å². The smallest absolute Gasteiger partial charge is 0.243 e. The lowest BCUT2D eigenvalue weighted by molar-refractivity contribution is 0.301. The van der Waals surface area contributed by atoms with Gasteiger partial charge in [0.05, 0.1) is 19.4 Å². The Balaban J connectivity index is 2.12. The maximum absolute atomic E-state index is 5.82. The lowest BCUT2D eigenvalue weighted by Crippen LogP contribution is -2.02. The van der Waals surface area contributed by atoms with Crippen LogP contribution in [0.2, 0.25) is 0 Å². The molecule has 0 atom stereocenters. The van der Waals surface area contributed by atoms with Crippen LogP contribution in [0.1, 0.15) is 43.6 Å². The first kappa shape index (κ1) is 18.7. The van der Waals surface area contributed by atoms with Crippen LogP contribution in [-0.2, 0) is 0 Å². The normalized spacial score (nSPS) is 10.9. The monoisotopic (exact) mass is 342 g/mol. The van der Waals surface area contributed by atoms with E-state index in [0.717, 1.165) is 41.3 Å². The maximum atomic E-state index is 5.82. The molecule has 0 amide bonds. The van der Waals surface area contributed by atoms with Gasteiger partial charge in [0.2, 0.25) is 5.95 Å². The van der Waals surface area contributed by atoms with Crippen molar-refractivity contribution in [1.82, 2.24) is 9.97 Å². The molecule has 0 aliphatic heterocycles. The molecule has 0 aliphatic carbocycles. The van der Waals surface area contributed by atoms with E-state index in [0.29, 0.717) is 19.2 Å². The van der Waals surface area contributed by atoms with Crippen LogP contribution in [0.4, 0.5) is 5.95 Å². The zero-order valence-corrected chi connectivity index (χ0v) is 15.4. The van der Waals surface area contributed by atoms with Crippen LogP contribution < -0.4 is 14.9 Å². The zero-order valence-electron chi connectivity index (χ0n) is 15.4. The number of rotatable bonds is 9. The summed E-state index contributed by atoms with van der Waals surface area (Å²) in [5.41, 5.74) is 5.53. The van der Waals surface area contributed by atoms with Crippen molar-refractivity contribution in [1.29, 1.82) is 0 Å². The lowest BCUT2D eigenvalue weighted by Gasteiger charge is -2.11. The Kier molecular flexibility index (Phi) is 7.19. The van der Waals surface area contributed by atoms with Crippen LogP contribution in [0.15, 0.2) is 29.4 Å². The van der Waals surface area contributed by atoms with Crippen LogP contribution in [0, 0.1) is 13.8 Å². The molecule has 0 bridgehead atoms. The second-order valence-corrected chi connectivity index (χ2v) is 5.74. The van der Waals surface area contributed by atoms with Gasteiger partial charge in [0.15, 0.2) is 0 Å². The van der Waals surface area contributed by atoms with E-state index in [4.69, 9.17) is 9.47 Å². The van der Waals surface area contributed by atoms with E-state index in [2.05, 4.69) is 34.3 Å². The maximum Gasteiger partial charge on any atom is 0.243 e. The van der Waals surface area contributed by atoms with Crippen molar-refractivity contribution < 1.29 is 9.47 Å². The Labute approximate surface area is 149 Å². The highest BCUT2D eigenvalue weighted by molar-refractivity contribution is 5.84. The minimum absolute atomic E-state index is 0.479. The predicted octanol–water partition coefficient (Wildman–Crippen LogP) is 4.12. The number of nitrogens with one attached hydrogen (secondary N) is 1. The van der Waals surface area contributed by atoms with Gasteiger partial charge in [-0.2, -0.15) is 5.10 Å². The highest BCUT2D eigenvalue weighted by Crippen LogP contribution is 2.24. The zero-order chi connectivity index (χ0) is 18.1. The summed E-state index contributed by atoms with van der Waals surface area (Å²) in [6, 6.07) is 7.67. The van der Waals surface area contributed by atoms with Crippen molar-refractivity contribution in [2.75, 3.05) is 18.6 Å². The number of benzene rings is 1. The number of anilines is 1. The molecule has 2 rings (SSSR count). The molecule has 6 heteroatoms. The molecule has 1 heterocycles. The third kappa shape index (κ3) is 6.06. The average molecular weight is 342 g/mol. The van der Waals surface area contributed by atoms with Crippen molar-refractivity contribution in [2.45, 2.75) is 40.5 Å². The molecule has 0 saturated heterocycles. The number of hydrazone groups is 1. The Hall–Kier alpha value is -2.63. The van der Waals surface area contributed by atoms with Crippen LogP contribution >= 0.6 is 0 Å². The molecule has 134 valence electrons. The van der Waals surface area contributed by atoms with Gasteiger partial charge < -0.3 is 9.47 Å². The first-order valence-electron chi connectivity index (χ1n) is 8.63. The molecule has 0 fully saturated rings. The molecule has 1 aromatic heterocycles. The first-order chi connectivity index (χ1) is 12.1. The molecule has 6 nitrogen and oxygen atoms in total. The molecular weight excluding hydrogens is 316 g/mol. The van der Waals surface area contributed by atoms with Gasteiger partial charge in [-0.3, -0.25) is 0 Å². The summed E-state index contributed by atoms with van der Waals surface area (Å²) >= 11 is 0. The Morgan fingerprint density at radius 2 is 1.68 bits per heavy atom. The number of nitrogens with zero attached hydrogens (tertiary/aromatic N) is 3. The number of hydrogen-bond acceptors (Lipinski definition) is 6. The minimum Gasteiger partial charge on any atom is -0.493 e. The van der Waals surface area contributed by atoms with Crippen molar-refractivity contribution in [2.24, 2.45) is 5.10 Å². The van der Waals surface area contributed by atoms with Crippen molar-refractivity contribution >= 4 is 12.2 Å². The molecule has 0 unspecified atom stereocenters. The van der Waals surface area contributed by atoms with E-state index in [1.54, 1.807) is 6.21 Å². The predicted molar refractivity (Wildman–Crippen MR) is 101 cm³/mol. The van der Waals surface area contributed by atoms with Gasteiger partial charge in [-0.1, -0.05) is 13.8 Å². The average Bonchev–Trinajstić information content (AvgIpc) is 2.58. The third-order valence-electron chi connectivity index (χ3n) is 3.27. The minimum atomic E-state index is 0.479. The molecule has 0 spiro atoms. The Morgan fingerprint density at radius 3 is 2.36 bits per heavy atom. The van der Waals surface area contributed by atoms with Crippen LogP contribution in [-0.4, -0.2) is 29.4 Å². The fourth-order valence-electron chi connectivity index (χ4n) is 2.20. The number of aryl methyl sites for hydroxylation is 2. The summed E-state index contributed by atoms with van der Waals surface area (Å²) < 4.78 is 11.5. The van der Waals surface area contributed by atoms with Gasteiger partial charge in [-0.05, 0) is 44.9 Å². The number of hydrogen-bond donors (Lipinski definition) is 1. The van der Waals surface area contributed by atoms with Crippen molar-refractivity contribution in [3.63, 3.8) is 0 Å². The molecule has 0 aliphatic rings. The second kappa shape index (κ2) is 9.61. The summed E-state index contributed by atoms with van der Waals surface area (Å²) in [4.78, 5) is 8.60. The SMILES string of the molecule is CCCOc1ccc(/C=N/Nc2nc(C)cc(C)n2)c(OCCC)c1. The molecule has 0 saturated carbocycles. The lowest BCUT2D eigenvalue weighted by atomic mass is 10.2. The highest BCUT2D eigenvalue weighted by Gasteiger charge is 2.05. The highest BCUT2D eigenvalue weighted by atomic mass is 16.5. The van der Waals surface area contributed by atoms with E-state index >= 15 is 0 Å². The quantitative estimate of drug-likeness (QED) is 0.548. The largest absolute Gasteiger partial charge is 0.493 e. The van der Waals surface area contributed by atoms with Crippen LogP contribution in [0.3, 0.4) is 0 Å². The molecule has 1 N–H and O–H groups in total. The Morgan fingerprint density at radius 1 is 1.00 bits per heavy atom. The van der Waals surface area contributed by atoms with Crippen LogP contribution in [0.5, 0.6) is 11.5 Å². The van der Waals surface area contributed by atoms with E-state index in [-0.39, 0.29) is 0 Å². The standard InChI is InChI=1S/C19H26N4O2/c1-5-9-24-17-8-7-16(18(12-17)25-10-6-2)13-20-23-19-21-14(3)11-15(4)22-19/h7-8,11-13H,5-6,9-10H2,1-4H3,(H,21,22,23)/b20-13+. The number of aromatic nitrogens is 2. The summed E-state index contributed by atoms with van der Waals surface area (Å²) in [5, 5.41) is 4.23. The summed E-state index contributed by atoms with van der Waals surface area (Å²) in [7, 11) is 0. The van der Waals surface area contributed by atoms with E-state index in [1.807, 2.05) is 38.1 Å². The van der Waals surface area contributed by atoms with Gasteiger partial charge in [-0.25, -0.2) is 15.4 Å². The molecule has 1 aromatic carbocycles. The molecule has 2 aromatic rings. The van der Waals surface area contributed by atoms with Gasteiger partial charge in [0, 0.05) is 23.0 Å². The van der Waals surface area contributed by atoms with Gasteiger partial charge in [0.25, 0.3) is 0 Å². The first-order valence-corrected chi connectivity index (χ1v) is 8.63. The van der Waals surface area contributed by atoms with Crippen molar-refractivity contribution in [3.8, 4) is 11.5 Å². The summed E-state index contributed by atoms with van der Waals surface area (Å²) in [5.74, 6) is 2.03. The van der Waals surface area contributed by atoms with Gasteiger partial charge in [-0.15, -0.1) is 0 Å². The second-order valence-electron chi connectivity index (χ2n) is 5.74. The third-order valence-corrected chi connectivity index (χ3v) is 3.27. The summed E-state index contributed by atoms with van der Waals surface area (Å²) in [6.07, 6.45) is 3.61. The summed E-state index contributed by atoms with van der Waals surface area (Å²) in [6.45, 7) is 9.34. The molecular formula is C19H26N4O2. The fraction of sp³-hybridized carbons (Fsp3) is 0.421. The fourth-order valence-corrected chi connectivity index (χ4v) is 2.20. The van der Waals surface area contributed by atoms with Crippen LogP contribution in [0.25, 0.3) is 0 Å². The number of ether oxygens (including phenoxy) is 2. The van der Waals surface area contributed by atoms with Gasteiger partial charge in [0.1, 0.15) is 11.5 Å². The van der Waals surface area contributed by atoms with E-state index in [9.17, 15) is 0 Å². The topological polar surface area (TPSA) is 68.6 Å². The van der Waals surface area contributed by atoms with Gasteiger partial charge >= 0.3 is 0 Å². The van der Waals surface area contributed by atoms with E-state index < -0.39 is 0 Å². The molecule has 25 heavy (non-hydrogen) atoms. The molecule has 0 radical (unpaired) electrons. The van der Waals surface area contributed by atoms with Crippen molar-refractivity contribution in [3.05, 3.63) is 41.2 Å².